The zero-order valence-electron chi connectivity index (χ0n) is 33.7. The summed E-state index contributed by atoms with van der Waals surface area (Å²) in [6.45, 7) is 18.3. The van der Waals surface area contributed by atoms with Crippen LogP contribution in [0.3, 0.4) is 0 Å². The van der Waals surface area contributed by atoms with E-state index in [9.17, 15) is 0 Å². The number of nitrogens with zero attached hydrogens (tertiary/aromatic N) is 1. The molecule has 2 atom stereocenters. The fourth-order valence-corrected chi connectivity index (χ4v) is 10.3. The molecule has 56 heavy (non-hydrogen) atoms. The second-order valence-electron chi connectivity index (χ2n) is 17.5. The third kappa shape index (κ3) is 6.28. The van der Waals surface area contributed by atoms with E-state index in [-0.39, 0.29) is 22.9 Å². The van der Waals surface area contributed by atoms with Crippen molar-refractivity contribution in [2.75, 3.05) is 4.67 Å². The maximum absolute atomic E-state index is 7.41. The normalized spacial score (nSPS) is 13.7. The topological polar surface area (TPSA) is 29.5 Å². The van der Waals surface area contributed by atoms with Crippen molar-refractivity contribution in [2.45, 2.75) is 78.3 Å². The van der Waals surface area contributed by atoms with Gasteiger partial charge < -0.3 is 8.39 Å². The molecule has 4 heteroatoms. The first-order valence-electron chi connectivity index (χ1n) is 19.9. The summed E-state index contributed by atoms with van der Waals surface area (Å²) >= 11 is 0. The molecule has 0 unspecified atom stereocenters. The number of rotatable bonds is 5. The molecular weight excluding hydrogens is 702 g/mol. The first-order valence-corrected chi connectivity index (χ1v) is 21.0. The summed E-state index contributed by atoms with van der Waals surface area (Å²) < 4.78 is 17.3. The Kier molecular flexibility index (Phi) is 8.88. The minimum absolute atomic E-state index is 0.0267. The third-order valence-corrected chi connectivity index (χ3v) is 13.6. The van der Waals surface area contributed by atoms with Gasteiger partial charge in [-0.15, -0.1) is 0 Å². The van der Waals surface area contributed by atoms with Crippen molar-refractivity contribution in [3.8, 4) is 0 Å². The molecule has 280 valence electrons. The minimum atomic E-state index is -1.70. The van der Waals surface area contributed by atoms with Gasteiger partial charge in [-0.2, -0.15) is 4.67 Å². The lowest BCUT2D eigenvalue weighted by Gasteiger charge is -2.33. The van der Waals surface area contributed by atoms with Crippen LogP contribution in [0.5, 0.6) is 0 Å². The molecule has 1 heterocycles. The van der Waals surface area contributed by atoms with Crippen LogP contribution in [0.4, 0.5) is 0 Å². The van der Waals surface area contributed by atoms with E-state index in [1.807, 2.05) is 0 Å². The van der Waals surface area contributed by atoms with E-state index >= 15 is 0 Å². The van der Waals surface area contributed by atoms with Crippen LogP contribution in [-0.2, 0) is 10.8 Å². The largest absolute Gasteiger partial charge is 0.408 e. The molecule has 9 aromatic rings. The van der Waals surface area contributed by atoms with Crippen LogP contribution >= 0.6 is 8.16 Å². The van der Waals surface area contributed by atoms with Gasteiger partial charge in [-0.05, 0) is 102 Å². The molecule has 0 fully saturated rings. The highest BCUT2D eigenvalue weighted by atomic mass is 31.1. The summed E-state index contributed by atoms with van der Waals surface area (Å²) in [4.78, 5) is 0. The maximum atomic E-state index is 7.41. The molecule has 0 bridgehead atoms. The van der Waals surface area contributed by atoms with Crippen molar-refractivity contribution in [3.05, 3.63) is 168 Å². The van der Waals surface area contributed by atoms with Gasteiger partial charge in [-0.3, -0.25) is 0 Å². The highest BCUT2D eigenvalue weighted by molar-refractivity contribution is 7.39. The Morgan fingerprint density at radius 1 is 0.429 bits per heavy atom. The number of fused-ring (bicyclic) bond motifs is 9. The van der Waals surface area contributed by atoms with Crippen LogP contribution in [0.1, 0.15) is 89.7 Å². The Bertz CT molecular complexity index is 2790. The number of benzene rings is 8. The SMILES string of the molecule is C[C@@H](c1cccc2ccccc12)N([C@@H](C)c1cccc2ccccc12)p1oc2ccc3cc(C(C)(C)C)ccc3c2c2c(ccc3cc(C(C)(C)C)ccc32)o1. The summed E-state index contributed by atoms with van der Waals surface area (Å²) in [5.41, 5.74) is 6.86. The van der Waals surface area contributed by atoms with Crippen LogP contribution in [-0.4, -0.2) is 0 Å². The predicted molar refractivity (Wildman–Crippen MR) is 242 cm³/mol. The molecule has 0 spiro atoms. The first kappa shape index (κ1) is 36.3. The van der Waals surface area contributed by atoms with Gasteiger partial charge in [0.05, 0.1) is 0 Å². The molecule has 0 amide bonds. The Labute approximate surface area is 331 Å². The Hall–Kier alpha value is -5.34. The summed E-state index contributed by atoms with van der Waals surface area (Å²) in [5.74, 6) is 0. The predicted octanol–water partition coefficient (Wildman–Crippen LogP) is 16.0. The average molecular weight is 752 g/mol. The zero-order chi connectivity index (χ0) is 38.9. The van der Waals surface area contributed by atoms with Crippen LogP contribution in [0.15, 0.2) is 154 Å². The summed E-state index contributed by atoms with van der Waals surface area (Å²) in [6.07, 6.45) is 0. The molecule has 0 saturated carbocycles. The van der Waals surface area contributed by atoms with Crippen molar-refractivity contribution in [2.24, 2.45) is 0 Å². The molecule has 0 saturated heterocycles. The van der Waals surface area contributed by atoms with E-state index in [0.29, 0.717) is 0 Å². The van der Waals surface area contributed by atoms with Crippen molar-refractivity contribution >= 4 is 73.2 Å². The van der Waals surface area contributed by atoms with Crippen molar-refractivity contribution in [1.82, 2.24) is 0 Å². The lowest BCUT2D eigenvalue weighted by molar-refractivity contribution is 0.561. The molecule has 0 aliphatic carbocycles. The van der Waals surface area contributed by atoms with Gasteiger partial charge in [0.2, 0.25) is 0 Å². The zero-order valence-corrected chi connectivity index (χ0v) is 34.6. The first-order chi connectivity index (χ1) is 26.9. The fourth-order valence-electron chi connectivity index (χ4n) is 8.63. The van der Waals surface area contributed by atoms with E-state index in [2.05, 4.69) is 206 Å². The van der Waals surface area contributed by atoms with Gasteiger partial charge in [0.1, 0.15) is 11.2 Å². The fraction of sp³-hybridized carbons (Fsp3) is 0.231. The van der Waals surface area contributed by atoms with E-state index < -0.39 is 8.16 Å². The summed E-state index contributed by atoms with van der Waals surface area (Å²) in [7, 11) is -1.70. The highest BCUT2D eigenvalue weighted by Crippen LogP contribution is 2.49. The van der Waals surface area contributed by atoms with E-state index in [4.69, 9.17) is 8.39 Å². The van der Waals surface area contributed by atoms with Gasteiger partial charge in [0.25, 0.3) is 0 Å². The van der Waals surface area contributed by atoms with Crippen LogP contribution in [0, 0.1) is 0 Å². The Morgan fingerprint density at radius 2 is 0.839 bits per heavy atom. The molecule has 0 radical (unpaired) electrons. The van der Waals surface area contributed by atoms with E-state index in [1.165, 1.54) is 65.3 Å². The Morgan fingerprint density at radius 3 is 1.27 bits per heavy atom. The minimum Gasteiger partial charge on any atom is -0.408 e. The van der Waals surface area contributed by atoms with Crippen LogP contribution in [0.25, 0.3) is 65.0 Å². The Balaban J connectivity index is 1.39. The second-order valence-corrected chi connectivity index (χ2v) is 18.8. The summed E-state index contributed by atoms with van der Waals surface area (Å²) in [6, 6.07) is 53.3. The van der Waals surface area contributed by atoms with Crippen molar-refractivity contribution in [3.63, 3.8) is 0 Å². The van der Waals surface area contributed by atoms with Crippen LogP contribution in [0.2, 0.25) is 0 Å². The molecule has 1 aromatic heterocycles. The van der Waals surface area contributed by atoms with Gasteiger partial charge in [0.15, 0.2) is 0 Å². The second kappa shape index (κ2) is 13.7. The van der Waals surface area contributed by atoms with Gasteiger partial charge >= 0.3 is 8.16 Å². The number of hydrogen-bond donors (Lipinski definition) is 0. The highest BCUT2D eigenvalue weighted by Gasteiger charge is 2.31. The summed E-state index contributed by atoms with van der Waals surface area (Å²) in [5, 5.41) is 11.8. The van der Waals surface area contributed by atoms with Crippen LogP contribution < -0.4 is 4.67 Å². The quantitative estimate of drug-likeness (QED) is 0.175. The van der Waals surface area contributed by atoms with E-state index in [0.717, 1.165) is 21.9 Å². The molecule has 8 aromatic carbocycles. The molecule has 0 aliphatic heterocycles. The molecule has 9 rings (SSSR count). The van der Waals surface area contributed by atoms with Gasteiger partial charge in [-0.25, -0.2) is 0 Å². The molecule has 3 nitrogen and oxygen atoms in total. The maximum Gasteiger partial charge on any atom is 0.310 e. The van der Waals surface area contributed by atoms with Gasteiger partial charge in [0, 0.05) is 22.9 Å². The van der Waals surface area contributed by atoms with E-state index in [1.54, 1.807) is 0 Å². The number of hydrogen-bond acceptors (Lipinski definition) is 3. The monoisotopic (exact) mass is 751 g/mol. The van der Waals surface area contributed by atoms with Crippen molar-refractivity contribution in [1.29, 1.82) is 0 Å². The lowest BCUT2D eigenvalue weighted by Crippen LogP contribution is -2.27. The van der Waals surface area contributed by atoms with Crippen molar-refractivity contribution < 1.29 is 8.39 Å². The average Bonchev–Trinajstić information content (AvgIpc) is 3.36. The lowest BCUT2D eigenvalue weighted by atomic mass is 9.84. The molecule has 0 N–H and O–H groups in total. The molecular formula is C52H50NO2P. The standard InChI is InChI=1S/C52H50NO2P/c1-33(41-21-13-17-35-15-9-11-19-43(35)41)53(34(2)42-22-14-18-36-16-10-12-20-44(36)42)56-54-47-29-23-37-31-39(51(3,4)5)25-27-45(37)49(47)50-46-28-26-40(52(6,7)8)32-38(46)24-30-48(50)55-56/h9-34H,1-8H3/t33-,34-/m0/s1. The third-order valence-electron chi connectivity index (χ3n) is 11.8. The smallest absolute Gasteiger partial charge is 0.310 e. The molecule has 0 aliphatic rings. The van der Waals surface area contributed by atoms with Gasteiger partial charge in [-0.1, -0.05) is 175 Å².